The summed E-state index contributed by atoms with van der Waals surface area (Å²) in [7, 11) is 1.76. The first kappa shape index (κ1) is 23.5. The summed E-state index contributed by atoms with van der Waals surface area (Å²) in [6.07, 6.45) is 5.83. The van der Waals surface area contributed by atoms with Crippen LogP contribution in [0.15, 0.2) is 23.3 Å². The van der Waals surface area contributed by atoms with Crippen molar-refractivity contribution in [2.45, 2.75) is 45.2 Å². The number of pyridine rings is 1. The zero-order valence-electron chi connectivity index (χ0n) is 17.2. The summed E-state index contributed by atoms with van der Waals surface area (Å²) < 4.78 is 10.8. The number of amides is 1. The number of guanidine groups is 1. The Morgan fingerprint density at radius 2 is 2.07 bits per heavy atom. The Morgan fingerprint density at radius 3 is 2.72 bits per heavy atom. The van der Waals surface area contributed by atoms with Crippen molar-refractivity contribution in [2.24, 2.45) is 10.9 Å². The van der Waals surface area contributed by atoms with Crippen molar-refractivity contribution in [3.8, 4) is 5.88 Å². The van der Waals surface area contributed by atoms with Crippen molar-refractivity contribution < 1.29 is 14.3 Å². The maximum absolute atomic E-state index is 11.8. The Labute approximate surface area is 189 Å². The number of halogens is 1. The van der Waals surface area contributed by atoms with Crippen LogP contribution in [0, 0.1) is 5.92 Å². The Bertz CT molecular complexity index is 676. The number of rotatable bonds is 7. The summed E-state index contributed by atoms with van der Waals surface area (Å²) >= 11 is 0. The van der Waals surface area contributed by atoms with E-state index in [1.165, 1.54) is 12.8 Å². The van der Waals surface area contributed by atoms with Gasteiger partial charge in [0, 0.05) is 45.0 Å². The molecule has 9 heteroatoms. The standard InChI is InChI=1S/C20H31N5O3.HI/c1-3-27-20(26)25-10-7-17(8-11-25)24-19(21-2)23-13-16-6-9-22-18(12-16)28-14-15-4-5-15;/h6,9,12,15,17H,3-5,7-8,10-11,13-14H2,1-2H3,(H2,21,23,24);1H. The average molecular weight is 517 g/mol. The smallest absolute Gasteiger partial charge is 0.409 e. The van der Waals surface area contributed by atoms with Crippen molar-refractivity contribution >= 4 is 36.0 Å². The molecule has 1 saturated heterocycles. The van der Waals surface area contributed by atoms with Gasteiger partial charge >= 0.3 is 6.09 Å². The van der Waals surface area contributed by atoms with Gasteiger partial charge in [-0.1, -0.05) is 0 Å². The summed E-state index contributed by atoms with van der Waals surface area (Å²) in [6.45, 7) is 5.03. The zero-order valence-corrected chi connectivity index (χ0v) is 19.6. The minimum Gasteiger partial charge on any atom is -0.477 e. The fourth-order valence-corrected chi connectivity index (χ4v) is 3.12. The van der Waals surface area contributed by atoms with Gasteiger partial charge in [-0.15, -0.1) is 24.0 Å². The molecule has 2 heterocycles. The number of likely N-dealkylation sites (tertiary alicyclic amines) is 1. The molecule has 0 spiro atoms. The number of carbonyl (C=O) groups excluding carboxylic acids is 1. The summed E-state index contributed by atoms with van der Waals surface area (Å²) in [5.74, 6) is 2.15. The third-order valence-corrected chi connectivity index (χ3v) is 5.01. The lowest BCUT2D eigenvalue weighted by Crippen LogP contribution is -2.49. The number of ether oxygens (including phenoxy) is 2. The van der Waals surface area contributed by atoms with Crippen molar-refractivity contribution in [3.05, 3.63) is 23.9 Å². The molecule has 1 aromatic rings. The molecule has 0 atom stereocenters. The lowest BCUT2D eigenvalue weighted by Gasteiger charge is -2.32. The van der Waals surface area contributed by atoms with E-state index in [0.29, 0.717) is 38.0 Å². The summed E-state index contributed by atoms with van der Waals surface area (Å²) in [6, 6.07) is 4.23. The van der Waals surface area contributed by atoms with E-state index in [4.69, 9.17) is 9.47 Å². The maximum Gasteiger partial charge on any atom is 0.409 e. The number of nitrogens with zero attached hydrogens (tertiary/aromatic N) is 3. The van der Waals surface area contributed by atoms with E-state index >= 15 is 0 Å². The highest BCUT2D eigenvalue weighted by atomic mass is 127. The molecule has 1 amide bonds. The van der Waals surface area contributed by atoms with Gasteiger partial charge in [0.05, 0.1) is 13.2 Å². The highest BCUT2D eigenvalue weighted by Crippen LogP contribution is 2.29. The van der Waals surface area contributed by atoms with E-state index in [-0.39, 0.29) is 36.1 Å². The van der Waals surface area contributed by atoms with Crippen LogP contribution in [0.2, 0.25) is 0 Å². The maximum atomic E-state index is 11.8. The number of piperidine rings is 1. The molecular weight excluding hydrogens is 485 g/mol. The molecule has 3 rings (SSSR count). The lowest BCUT2D eigenvalue weighted by molar-refractivity contribution is 0.0963. The molecule has 0 unspecified atom stereocenters. The fraction of sp³-hybridized carbons (Fsp3) is 0.650. The average Bonchev–Trinajstić information content (AvgIpc) is 3.55. The molecule has 1 saturated carbocycles. The van der Waals surface area contributed by atoms with E-state index in [9.17, 15) is 4.79 Å². The van der Waals surface area contributed by atoms with Crippen LogP contribution >= 0.6 is 24.0 Å². The topological polar surface area (TPSA) is 88.1 Å². The van der Waals surface area contributed by atoms with Crippen molar-refractivity contribution in [1.82, 2.24) is 20.5 Å². The van der Waals surface area contributed by atoms with Gasteiger partial charge in [0.15, 0.2) is 5.96 Å². The van der Waals surface area contributed by atoms with E-state index in [0.717, 1.165) is 31.0 Å². The molecule has 1 aliphatic heterocycles. The molecule has 162 valence electrons. The van der Waals surface area contributed by atoms with Crippen LogP contribution < -0.4 is 15.4 Å². The largest absolute Gasteiger partial charge is 0.477 e. The Kier molecular flexibility index (Phi) is 9.75. The second-order valence-electron chi connectivity index (χ2n) is 7.29. The minimum absolute atomic E-state index is 0. The van der Waals surface area contributed by atoms with E-state index in [1.54, 1.807) is 18.1 Å². The number of carbonyl (C=O) groups is 1. The number of aromatic nitrogens is 1. The Balaban J connectivity index is 0.00000300. The highest BCUT2D eigenvalue weighted by Gasteiger charge is 2.24. The van der Waals surface area contributed by atoms with Gasteiger partial charge < -0.3 is 25.0 Å². The molecule has 2 fully saturated rings. The van der Waals surface area contributed by atoms with Crippen LogP contribution in [0.25, 0.3) is 0 Å². The zero-order chi connectivity index (χ0) is 19.8. The molecule has 29 heavy (non-hydrogen) atoms. The van der Waals surface area contributed by atoms with Gasteiger partial charge in [-0.3, -0.25) is 4.99 Å². The second-order valence-corrected chi connectivity index (χ2v) is 7.29. The number of hydrogen-bond donors (Lipinski definition) is 2. The summed E-state index contributed by atoms with van der Waals surface area (Å²) in [4.78, 5) is 22.1. The lowest BCUT2D eigenvalue weighted by atomic mass is 10.1. The fourth-order valence-electron chi connectivity index (χ4n) is 3.12. The third kappa shape index (κ3) is 7.87. The first-order valence-corrected chi connectivity index (χ1v) is 10.1. The van der Waals surface area contributed by atoms with Crippen molar-refractivity contribution in [3.63, 3.8) is 0 Å². The van der Waals surface area contributed by atoms with Crippen LogP contribution in [0.3, 0.4) is 0 Å². The normalized spacial score (nSPS) is 17.3. The van der Waals surface area contributed by atoms with Crippen LogP contribution in [0.1, 0.15) is 38.2 Å². The van der Waals surface area contributed by atoms with Crippen LogP contribution in [-0.2, 0) is 11.3 Å². The number of nitrogens with one attached hydrogen (secondary N) is 2. The van der Waals surface area contributed by atoms with Crippen LogP contribution in [0.5, 0.6) is 5.88 Å². The van der Waals surface area contributed by atoms with Crippen LogP contribution in [0.4, 0.5) is 4.79 Å². The van der Waals surface area contributed by atoms with E-state index in [1.807, 2.05) is 19.1 Å². The quantitative estimate of drug-likeness (QED) is 0.329. The second kappa shape index (κ2) is 12.0. The molecule has 1 aromatic heterocycles. The summed E-state index contributed by atoms with van der Waals surface area (Å²) in [5, 5.41) is 6.79. The van der Waals surface area contributed by atoms with E-state index in [2.05, 4.69) is 20.6 Å². The highest BCUT2D eigenvalue weighted by molar-refractivity contribution is 14.0. The number of aliphatic imine (C=N–C) groups is 1. The van der Waals surface area contributed by atoms with Gasteiger partial charge in [-0.05, 0) is 50.2 Å². The molecule has 8 nitrogen and oxygen atoms in total. The minimum atomic E-state index is -0.221. The molecular formula is C20H32IN5O3. The van der Waals surface area contributed by atoms with E-state index < -0.39 is 0 Å². The summed E-state index contributed by atoms with van der Waals surface area (Å²) in [5.41, 5.74) is 1.10. The first-order valence-electron chi connectivity index (χ1n) is 10.1. The first-order chi connectivity index (χ1) is 13.7. The molecule has 0 bridgehead atoms. The molecule has 1 aliphatic carbocycles. The SMILES string of the molecule is CCOC(=O)N1CCC(NC(=NC)NCc2ccnc(OCC3CC3)c2)CC1.I. The predicted octanol–water partition coefficient (Wildman–Crippen LogP) is 2.77. The number of hydrogen-bond acceptors (Lipinski definition) is 5. The third-order valence-electron chi connectivity index (χ3n) is 5.01. The van der Waals surface area contributed by atoms with Crippen molar-refractivity contribution in [2.75, 3.05) is 33.4 Å². The monoisotopic (exact) mass is 517 g/mol. The predicted molar refractivity (Wildman–Crippen MR) is 123 cm³/mol. The van der Waals surface area contributed by atoms with Gasteiger partial charge in [0.1, 0.15) is 0 Å². The van der Waals surface area contributed by atoms with Crippen LogP contribution in [-0.4, -0.2) is 61.3 Å². The molecule has 2 aliphatic rings. The van der Waals surface area contributed by atoms with Gasteiger partial charge in [0.2, 0.25) is 5.88 Å². The molecule has 2 N–H and O–H groups in total. The van der Waals surface area contributed by atoms with Gasteiger partial charge in [-0.25, -0.2) is 9.78 Å². The Morgan fingerprint density at radius 1 is 1.31 bits per heavy atom. The Hall–Kier alpha value is -1.78. The molecule has 0 radical (unpaired) electrons. The van der Waals surface area contributed by atoms with Crippen molar-refractivity contribution in [1.29, 1.82) is 0 Å². The van der Waals surface area contributed by atoms with Gasteiger partial charge in [-0.2, -0.15) is 0 Å². The van der Waals surface area contributed by atoms with Gasteiger partial charge in [0.25, 0.3) is 0 Å². The molecule has 0 aromatic carbocycles.